The molecule has 1 heteroatoms. The highest BCUT2D eigenvalue weighted by atomic mass is 16.3. The van der Waals surface area contributed by atoms with E-state index < -0.39 is 0 Å². The summed E-state index contributed by atoms with van der Waals surface area (Å²) in [5, 5.41) is 11.1. The zero-order chi connectivity index (χ0) is 7.56. The van der Waals surface area contributed by atoms with E-state index in [0.29, 0.717) is 5.92 Å². The molecule has 0 aliphatic heterocycles. The highest BCUT2D eigenvalue weighted by Gasteiger charge is 1.96. The average molecular weight is 135 g/mol. The molecule has 10 heavy (non-hydrogen) atoms. The van der Waals surface area contributed by atoms with Gasteiger partial charge < -0.3 is 5.11 Å². The monoisotopic (exact) mass is 135 g/mol. The number of rotatable bonds is 1. The van der Waals surface area contributed by atoms with E-state index in [-0.39, 0.29) is 5.75 Å². The molecule has 0 fully saturated rings. The second-order valence-electron chi connectivity index (χ2n) is 2.69. The third-order valence-electron chi connectivity index (χ3n) is 1.54. The van der Waals surface area contributed by atoms with Crippen LogP contribution in [0, 0.1) is 0 Å². The lowest BCUT2D eigenvalue weighted by atomic mass is 10.0. The van der Waals surface area contributed by atoms with E-state index in [1.165, 1.54) is 0 Å². The van der Waals surface area contributed by atoms with Gasteiger partial charge in [-0.2, -0.15) is 0 Å². The Morgan fingerprint density at radius 1 is 1.20 bits per heavy atom. The predicted molar refractivity (Wildman–Crippen MR) is 40.0 cm³/mol. The molecule has 0 atom stereocenters. The molecule has 0 radical (unpaired) electrons. The van der Waals surface area contributed by atoms with Crippen molar-refractivity contribution in [3.63, 3.8) is 0 Å². The fourth-order valence-corrected chi connectivity index (χ4v) is 0.958. The van der Waals surface area contributed by atoms with Crippen LogP contribution in [0.1, 0.15) is 25.3 Å². The van der Waals surface area contributed by atoms with Gasteiger partial charge in [0.05, 0.1) is 0 Å². The maximum atomic E-state index is 11.1. The molecular formula is C9H11O-. The Morgan fingerprint density at radius 3 is 2.20 bits per heavy atom. The molecule has 1 aromatic carbocycles. The quantitative estimate of drug-likeness (QED) is 0.576. The summed E-state index contributed by atoms with van der Waals surface area (Å²) in [5.41, 5.74) is 0.905. The van der Waals surface area contributed by atoms with Gasteiger partial charge in [0.1, 0.15) is 0 Å². The highest BCUT2D eigenvalue weighted by Crippen LogP contribution is 2.21. The third-order valence-corrected chi connectivity index (χ3v) is 1.54. The van der Waals surface area contributed by atoms with Crippen molar-refractivity contribution in [3.8, 4) is 5.75 Å². The van der Waals surface area contributed by atoms with Gasteiger partial charge in [0.15, 0.2) is 0 Å². The summed E-state index contributed by atoms with van der Waals surface area (Å²) in [7, 11) is 0. The van der Waals surface area contributed by atoms with E-state index in [4.69, 9.17) is 0 Å². The molecule has 1 rings (SSSR count). The lowest BCUT2D eigenvalue weighted by Gasteiger charge is -2.14. The normalized spacial score (nSPS) is 10.3. The number of para-hydroxylation sites is 1. The van der Waals surface area contributed by atoms with Crippen LogP contribution in [0.3, 0.4) is 0 Å². The molecule has 0 amide bonds. The molecule has 1 nitrogen and oxygen atoms in total. The van der Waals surface area contributed by atoms with Crippen LogP contribution < -0.4 is 5.11 Å². The van der Waals surface area contributed by atoms with Crippen molar-refractivity contribution < 1.29 is 5.11 Å². The van der Waals surface area contributed by atoms with Crippen LogP contribution in [0.2, 0.25) is 0 Å². The fourth-order valence-electron chi connectivity index (χ4n) is 0.958. The minimum Gasteiger partial charge on any atom is -0.872 e. The molecular weight excluding hydrogens is 124 g/mol. The Labute approximate surface area is 61.3 Å². The molecule has 0 heterocycles. The molecule has 0 saturated heterocycles. The second kappa shape index (κ2) is 2.74. The molecule has 1 aromatic rings. The van der Waals surface area contributed by atoms with Crippen molar-refractivity contribution in [1.29, 1.82) is 0 Å². The van der Waals surface area contributed by atoms with Crippen LogP contribution >= 0.6 is 0 Å². The predicted octanol–water partition coefficient (Wildman–Crippen LogP) is 1.88. The van der Waals surface area contributed by atoms with Crippen LogP contribution in [-0.2, 0) is 0 Å². The van der Waals surface area contributed by atoms with Gasteiger partial charge in [0.2, 0.25) is 0 Å². The van der Waals surface area contributed by atoms with Crippen molar-refractivity contribution in [2.75, 3.05) is 0 Å². The van der Waals surface area contributed by atoms with E-state index in [2.05, 4.69) is 0 Å². The summed E-state index contributed by atoms with van der Waals surface area (Å²) in [4.78, 5) is 0. The van der Waals surface area contributed by atoms with Crippen molar-refractivity contribution in [2.24, 2.45) is 0 Å². The Balaban J connectivity index is 3.03. The van der Waals surface area contributed by atoms with Crippen molar-refractivity contribution in [2.45, 2.75) is 19.8 Å². The molecule has 0 aliphatic rings. The Bertz CT molecular complexity index is 216. The van der Waals surface area contributed by atoms with Gasteiger partial charge in [-0.15, -0.1) is 5.75 Å². The summed E-state index contributed by atoms with van der Waals surface area (Å²) in [6.45, 7) is 4.05. The molecule has 0 bridgehead atoms. The summed E-state index contributed by atoms with van der Waals surface area (Å²) in [6.07, 6.45) is 0. The maximum Gasteiger partial charge on any atom is -0.0225 e. The van der Waals surface area contributed by atoms with Crippen LogP contribution in [-0.4, -0.2) is 0 Å². The standard InChI is InChI=1S/C9H12O/c1-7(2)8-5-3-4-6-9(8)10/h3-7,10H,1-2H3/p-1. The molecule has 0 unspecified atom stereocenters. The van der Waals surface area contributed by atoms with Crippen LogP contribution in [0.25, 0.3) is 0 Å². The van der Waals surface area contributed by atoms with Crippen LogP contribution in [0.5, 0.6) is 5.75 Å². The molecule has 0 aromatic heterocycles. The van der Waals surface area contributed by atoms with Crippen LogP contribution in [0.15, 0.2) is 24.3 Å². The van der Waals surface area contributed by atoms with Gasteiger partial charge in [-0.25, -0.2) is 0 Å². The smallest absolute Gasteiger partial charge is 0.0225 e. The Morgan fingerprint density at radius 2 is 1.80 bits per heavy atom. The van der Waals surface area contributed by atoms with Crippen molar-refractivity contribution >= 4 is 0 Å². The number of hydrogen-bond donors (Lipinski definition) is 0. The first-order chi connectivity index (χ1) is 4.72. The largest absolute Gasteiger partial charge is 0.872 e. The van der Waals surface area contributed by atoms with Gasteiger partial charge in [-0.3, -0.25) is 0 Å². The van der Waals surface area contributed by atoms with E-state index in [1.807, 2.05) is 26.0 Å². The van der Waals surface area contributed by atoms with Crippen molar-refractivity contribution in [3.05, 3.63) is 29.8 Å². The third kappa shape index (κ3) is 1.29. The first-order valence-electron chi connectivity index (χ1n) is 3.47. The van der Waals surface area contributed by atoms with Gasteiger partial charge in [0.25, 0.3) is 0 Å². The van der Waals surface area contributed by atoms with Gasteiger partial charge in [-0.1, -0.05) is 43.7 Å². The summed E-state index contributed by atoms with van der Waals surface area (Å²) >= 11 is 0. The Hall–Kier alpha value is -0.980. The summed E-state index contributed by atoms with van der Waals surface area (Å²) < 4.78 is 0. The van der Waals surface area contributed by atoms with Gasteiger partial charge in [-0.05, 0) is 5.92 Å². The first kappa shape index (κ1) is 7.13. The highest BCUT2D eigenvalue weighted by molar-refractivity contribution is 5.32. The number of benzene rings is 1. The lowest BCUT2D eigenvalue weighted by Crippen LogP contribution is -1.97. The molecule has 0 saturated carbocycles. The average Bonchev–Trinajstić information content (AvgIpc) is 1.88. The van der Waals surface area contributed by atoms with Gasteiger partial charge >= 0.3 is 0 Å². The minimum absolute atomic E-state index is 0.150. The van der Waals surface area contributed by atoms with E-state index in [0.717, 1.165) is 5.56 Å². The Kier molecular flexibility index (Phi) is 1.95. The van der Waals surface area contributed by atoms with Crippen molar-refractivity contribution in [1.82, 2.24) is 0 Å². The van der Waals surface area contributed by atoms with E-state index >= 15 is 0 Å². The second-order valence-corrected chi connectivity index (χ2v) is 2.69. The van der Waals surface area contributed by atoms with E-state index in [1.54, 1.807) is 12.1 Å². The summed E-state index contributed by atoms with van der Waals surface area (Å²) in [5.74, 6) is 0.492. The molecule has 0 aliphatic carbocycles. The number of hydrogen-bond acceptors (Lipinski definition) is 1. The fraction of sp³-hybridized carbons (Fsp3) is 0.333. The topological polar surface area (TPSA) is 23.1 Å². The molecule has 0 N–H and O–H groups in total. The molecule has 0 spiro atoms. The SMILES string of the molecule is CC(C)c1ccccc1[O-]. The molecule has 54 valence electrons. The van der Waals surface area contributed by atoms with E-state index in [9.17, 15) is 5.11 Å². The zero-order valence-electron chi connectivity index (χ0n) is 6.29. The lowest BCUT2D eigenvalue weighted by molar-refractivity contribution is -0.269. The van der Waals surface area contributed by atoms with Gasteiger partial charge in [0, 0.05) is 0 Å². The maximum absolute atomic E-state index is 11.1. The minimum atomic E-state index is 0.150. The zero-order valence-corrected chi connectivity index (χ0v) is 6.29. The van der Waals surface area contributed by atoms with Crippen LogP contribution in [0.4, 0.5) is 0 Å². The summed E-state index contributed by atoms with van der Waals surface area (Å²) in [6, 6.07) is 7.16. The first-order valence-corrected chi connectivity index (χ1v) is 3.47.